The molecule has 0 saturated carbocycles. The van der Waals surface area contributed by atoms with Crippen LogP contribution in [0.15, 0.2) is 45.3 Å². The first-order valence-electron chi connectivity index (χ1n) is 34.6. The van der Waals surface area contributed by atoms with Crippen LogP contribution < -0.4 is 104 Å². The van der Waals surface area contributed by atoms with E-state index in [0.717, 1.165) is 0 Å². The lowest BCUT2D eigenvalue weighted by molar-refractivity contribution is -0.144. The highest BCUT2D eigenvalue weighted by molar-refractivity contribution is 5.99. The second-order valence-corrected chi connectivity index (χ2v) is 25.9. The van der Waals surface area contributed by atoms with E-state index >= 15 is 0 Å². The van der Waals surface area contributed by atoms with E-state index in [1.54, 1.807) is 71.9 Å². The fraction of sp³-hybridized carbons (Fsp3) is 0.646. The maximum Gasteiger partial charge on any atom is 0.326 e. The first kappa shape index (κ1) is 89.6. The number of hydrogen-bond donors (Lipinski definition) is 21. The molecule has 1 saturated heterocycles. The highest BCUT2D eigenvalue weighted by Crippen LogP contribution is 2.19. The van der Waals surface area contributed by atoms with Crippen molar-refractivity contribution in [2.45, 2.75) is 211 Å². The standard InChI is InChI=1S/C65H111N23O16/c1-9-34(5)49(85-53(94)39(66)20-14-26-74-63(68)69)60(101)82-42(24-25-45(67)90)56(97)81-40(21-15-27-75-64(70)71)54(95)78-32-47(92)88-29-17-23-44(88)58(99)77-31-46(91)80-41(22-16-28-76-65(72)73)55(96)79-36(7)52(93)83-43(30-38-18-12-11-13-19-38)57(98)84-48(33(3)4)59(100)87-51(37(8)89)61(102)86-50(62(103)104)35(6)10-2/h11-13,18-19,33-37,39-44,48-51,89H,9-10,14-17,20-32,66H2,1-8H3,(H2,67,90)(H,77,99)(H,78,95)(H,79,96)(H,80,91)(H,81,97)(H,82,101)(H,83,93)(H,84,98)(H,85,94)(H,86,102)(H,87,100)(H,103,104)(H4,68,69,74)(H4,70,71,75)(H4,72,73,76)/t34-,35-,36-,37+,39-,40-,41-,42-,43-,44-,48-,49-,50-,51-/m0/s1. The maximum atomic E-state index is 14.2. The second kappa shape index (κ2) is 46.2. The summed E-state index contributed by atoms with van der Waals surface area (Å²) in [6.07, 6.45) is -0.717. The van der Waals surface area contributed by atoms with E-state index in [1.165, 1.54) is 18.7 Å². The maximum absolute atomic E-state index is 14.2. The average molecular weight is 1470 g/mol. The molecule has 1 aliphatic heterocycles. The summed E-state index contributed by atoms with van der Waals surface area (Å²) >= 11 is 0. The average Bonchev–Trinajstić information content (AvgIpc) is 1.75. The predicted molar refractivity (Wildman–Crippen MR) is 383 cm³/mol. The monoisotopic (exact) mass is 1470 g/mol. The number of hydrogen-bond acceptors (Lipinski definition) is 19. The van der Waals surface area contributed by atoms with Gasteiger partial charge in [-0.05, 0) is 95.0 Å². The van der Waals surface area contributed by atoms with Gasteiger partial charge in [0, 0.05) is 39.0 Å². The van der Waals surface area contributed by atoms with Crippen LogP contribution in [0.25, 0.3) is 0 Å². The number of benzene rings is 1. The van der Waals surface area contributed by atoms with Gasteiger partial charge in [-0.25, -0.2) is 4.79 Å². The normalized spacial score (nSPS) is 16.2. The number of carboxylic acids is 1. The number of aliphatic imine (C=N–C) groups is 3. The van der Waals surface area contributed by atoms with Crippen molar-refractivity contribution in [2.24, 2.45) is 78.6 Å². The topological polar surface area (TPSA) is 660 Å². The number of rotatable bonds is 47. The van der Waals surface area contributed by atoms with Crippen LogP contribution in [0.4, 0.5) is 0 Å². The number of amides is 13. The van der Waals surface area contributed by atoms with Gasteiger partial charge < -0.3 is 119 Å². The fourth-order valence-corrected chi connectivity index (χ4v) is 10.6. The number of nitrogens with two attached hydrogens (primary N) is 8. The third-order valence-corrected chi connectivity index (χ3v) is 17.1. The Morgan fingerprint density at radius 3 is 1.50 bits per heavy atom. The van der Waals surface area contributed by atoms with Gasteiger partial charge in [0.1, 0.15) is 60.4 Å². The molecule has 0 radical (unpaired) electrons. The lowest BCUT2D eigenvalue weighted by Crippen LogP contribution is -2.62. The van der Waals surface area contributed by atoms with Crippen LogP contribution in [0.5, 0.6) is 0 Å². The van der Waals surface area contributed by atoms with Crippen molar-refractivity contribution in [3.8, 4) is 0 Å². The zero-order chi connectivity index (χ0) is 78.5. The molecule has 1 fully saturated rings. The number of carboxylic acid groups (broad SMARTS) is 1. The van der Waals surface area contributed by atoms with Crippen molar-refractivity contribution in [3.63, 3.8) is 0 Å². The van der Waals surface area contributed by atoms with Gasteiger partial charge in [0.05, 0.1) is 25.2 Å². The number of aliphatic carboxylic acids is 1. The number of guanidine groups is 3. The Bertz CT molecular complexity index is 3160. The summed E-state index contributed by atoms with van der Waals surface area (Å²) in [5, 5.41) is 48.1. The molecule has 0 spiro atoms. The molecule has 13 amide bonds. The zero-order valence-corrected chi connectivity index (χ0v) is 60.5. The highest BCUT2D eigenvalue weighted by atomic mass is 16.4. The van der Waals surface area contributed by atoms with E-state index in [-0.39, 0.29) is 95.4 Å². The molecule has 104 heavy (non-hydrogen) atoms. The van der Waals surface area contributed by atoms with E-state index in [4.69, 9.17) is 45.9 Å². The first-order valence-corrected chi connectivity index (χ1v) is 34.6. The van der Waals surface area contributed by atoms with Crippen molar-refractivity contribution in [1.29, 1.82) is 0 Å². The van der Waals surface area contributed by atoms with E-state index in [0.29, 0.717) is 31.2 Å². The SMILES string of the molecule is CC[C@H](C)[C@H](NC(=O)[C@@H](NC(=O)[C@@H](NC(=O)[C@H](Cc1ccccc1)NC(=O)[C@H](C)NC(=O)[C@H](CCCN=C(N)N)NC(=O)CNC(=O)[C@@H]1CCCN1C(=O)CNC(=O)[C@H](CCCN=C(N)N)NC(=O)[C@H](CCC(N)=O)NC(=O)[C@@H](NC(=O)[C@@H](N)CCCN=C(N)N)[C@@H](C)CC)C(C)C)[C@@H](C)O)C(=O)O. The Morgan fingerprint density at radius 2 is 0.971 bits per heavy atom. The Balaban J connectivity index is 2.29. The molecular formula is C65H111N23O16. The molecule has 2 rings (SSSR count). The van der Waals surface area contributed by atoms with Crippen LogP contribution in [0.1, 0.15) is 138 Å². The van der Waals surface area contributed by atoms with Gasteiger partial charge in [-0.15, -0.1) is 0 Å². The third-order valence-electron chi connectivity index (χ3n) is 17.1. The van der Waals surface area contributed by atoms with Gasteiger partial charge >= 0.3 is 5.97 Å². The summed E-state index contributed by atoms with van der Waals surface area (Å²) in [5.41, 5.74) is 44.9. The number of primary amides is 1. The molecule has 39 heteroatoms. The number of nitrogens with one attached hydrogen (secondary N) is 11. The van der Waals surface area contributed by atoms with Crippen LogP contribution in [-0.2, 0) is 73.5 Å². The molecule has 1 aliphatic rings. The van der Waals surface area contributed by atoms with Gasteiger partial charge in [0.15, 0.2) is 17.9 Å². The Morgan fingerprint density at radius 1 is 0.510 bits per heavy atom. The summed E-state index contributed by atoms with van der Waals surface area (Å²) in [6, 6.07) is -6.50. The van der Waals surface area contributed by atoms with E-state index in [1.807, 2.05) is 0 Å². The predicted octanol–water partition coefficient (Wildman–Crippen LogP) is -7.20. The first-order chi connectivity index (χ1) is 48.9. The Labute approximate surface area is 604 Å². The van der Waals surface area contributed by atoms with Crippen LogP contribution in [-0.4, -0.2) is 228 Å². The van der Waals surface area contributed by atoms with Crippen molar-refractivity contribution in [2.75, 3.05) is 39.3 Å². The van der Waals surface area contributed by atoms with Gasteiger partial charge in [-0.2, -0.15) is 0 Å². The molecular weight excluding hydrogens is 1360 g/mol. The molecule has 29 N–H and O–H groups in total. The molecule has 1 aromatic rings. The van der Waals surface area contributed by atoms with Gasteiger partial charge in [0.2, 0.25) is 76.8 Å². The summed E-state index contributed by atoms with van der Waals surface area (Å²) < 4.78 is 0. The minimum absolute atomic E-state index is 0.00119. The quantitative estimate of drug-likeness (QED) is 0.0164. The number of aliphatic hydroxyl groups is 1. The van der Waals surface area contributed by atoms with Crippen molar-refractivity contribution < 1.29 is 77.3 Å². The Hall–Kier alpha value is -10.5. The van der Waals surface area contributed by atoms with E-state index in [2.05, 4.69) is 73.5 Å². The molecule has 14 atom stereocenters. The lowest BCUT2D eigenvalue weighted by atomic mass is 9.96. The molecule has 1 aromatic carbocycles. The van der Waals surface area contributed by atoms with Gasteiger partial charge in [0.25, 0.3) is 0 Å². The lowest BCUT2D eigenvalue weighted by Gasteiger charge is -2.29. The Kier molecular flexibility index (Phi) is 39.8. The second-order valence-electron chi connectivity index (χ2n) is 25.9. The minimum Gasteiger partial charge on any atom is -0.480 e. The highest BCUT2D eigenvalue weighted by Gasteiger charge is 2.39. The van der Waals surface area contributed by atoms with E-state index in [9.17, 15) is 77.3 Å². The van der Waals surface area contributed by atoms with Crippen molar-refractivity contribution in [3.05, 3.63) is 35.9 Å². The molecule has 0 aliphatic carbocycles. The number of likely N-dealkylation sites (tertiary alicyclic amines) is 1. The summed E-state index contributed by atoms with van der Waals surface area (Å²) in [6.45, 7) is 11.3. The number of carbonyl (C=O) groups excluding carboxylic acids is 13. The summed E-state index contributed by atoms with van der Waals surface area (Å²) in [7, 11) is 0. The summed E-state index contributed by atoms with van der Waals surface area (Å²) in [4.78, 5) is 203. The third kappa shape index (κ3) is 32.7. The summed E-state index contributed by atoms with van der Waals surface area (Å²) in [5.74, 6) is -14.8. The molecule has 0 aromatic heterocycles. The molecule has 39 nitrogen and oxygen atoms in total. The zero-order valence-electron chi connectivity index (χ0n) is 60.5. The van der Waals surface area contributed by atoms with Crippen LogP contribution in [0.2, 0.25) is 0 Å². The fourth-order valence-electron chi connectivity index (χ4n) is 10.6. The number of nitrogens with zero attached hydrogens (tertiary/aromatic N) is 4. The minimum atomic E-state index is -1.65. The largest absolute Gasteiger partial charge is 0.480 e. The van der Waals surface area contributed by atoms with Crippen molar-refractivity contribution in [1.82, 2.24) is 63.4 Å². The van der Waals surface area contributed by atoms with E-state index < -0.39 is 193 Å². The van der Waals surface area contributed by atoms with Gasteiger partial charge in [-0.1, -0.05) is 84.7 Å². The molecule has 0 unspecified atom stereocenters. The molecule has 0 bridgehead atoms. The smallest absolute Gasteiger partial charge is 0.326 e. The molecule has 1 heterocycles. The van der Waals surface area contributed by atoms with Crippen LogP contribution >= 0.6 is 0 Å². The number of carbonyl (C=O) groups is 14. The van der Waals surface area contributed by atoms with Gasteiger partial charge in [-0.3, -0.25) is 77.3 Å². The van der Waals surface area contributed by atoms with Crippen LogP contribution in [0.3, 0.4) is 0 Å². The van der Waals surface area contributed by atoms with Crippen LogP contribution in [0, 0.1) is 17.8 Å². The van der Waals surface area contributed by atoms with Crippen molar-refractivity contribution >= 4 is 101 Å². The molecule has 582 valence electrons. The number of aliphatic hydroxyl groups excluding tert-OH is 1.